The van der Waals surface area contributed by atoms with E-state index >= 15 is 0 Å². The molecule has 132 valence electrons. The van der Waals surface area contributed by atoms with Crippen LogP contribution < -0.4 is 10.6 Å². The first kappa shape index (κ1) is 22.3. The van der Waals surface area contributed by atoms with Crippen LogP contribution in [0, 0.1) is 0 Å². The molecule has 0 saturated heterocycles. The monoisotopic (exact) mass is 452 g/mol. The van der Waals surface area contributed by atoms with Crippen molar-refractivity contribution in [3.05, 3.63) is 30.1 Å². The van der Waals surface area contributed by atoms with Crippen molar-refractivity contribution in [2.24, 2.45) is 4.99 Å². The van der Waals surface area contributed by atoms with Crippen molar-refractivity contribution in [2.45, 2.75) is 38.9 Å². The zero-order chi connectivity index (χ0) is 16.4. The fourth-order valence-electron chi connectivity index (χ4n) is 1.74. The Labute approximate surface area is 159 Å². The Bertz CT molecular complexity index is 489. The minimum Gasteiger partial charge on any atom is -0.357 e. The van der Waals surface area contributed by atoms with Crippen LogP contribution in [0.5, 0.6) is 0 Å². The average Bonchev–Trinajstić information content (AvgIpc) is 2.47. The van der Waals surface area contributed by atoms with Gasteiger partial charge in [0.1, 0.15) is 0 Å². The van der Waals surface area contributed by atoms with Gasteiger partial charge in [-0.25, -0.2) is 0 Å². The van der Waals surface area contributed by atoms with Crippen LogP contribution in [-0.4, -0.2) is 45.3 Å². The lowest BCUT2D eigenvalue weighted by atomic mass is 10.3. The maximum Gasteiger partial charge on any atom is 0.191 e. The third-order valence-corrected chi connectivity index (χ3v) is 4.89. The van der Waals surface area contributed by atoms with Crippen LogP contribution in [0.15, 0.2) is 29.4 Å². The zero-order valence-electron chi connectivity index (χ0n) is 14.5. The number of hydrogen-bond acceptors (Lipinski definition) is 3. The molecule has 2 N–H and O–H groups in total. The molecule has 1 rings (SSSR count). The van der Waals surface area contributed by atoms with Gasteiger partial charge in [0.05, 0.1) is 6.54 Å². The van der Waals surface area contributed by atoms with Crippen molar-refractivity contribution in [2.75, 3.05) is 25.4 Å². The van der Waals surface area contributed by atoms with Crippen molar-refractivity contribution >= 4 is 40.7 Å². The van der Waals surface area contributed by atoms with Gasteiger partial charge in [0.15, 0.2) is 5.96 Å². The van der Waals surface area contributed by atoms with E-state index in [0.717, 1.165) is 31.2 Å². The van der Waals surface area contributed by atoms with E-state index in [4.69, 9.17) is 0 Å². The maximum atomic E-state index is 12.0. The van der Waals surface area contributed by atoms with E-state index in [1.165, 1.54) is 0 Å². The topological polar surface area (TPSA) is 66.4 Å². The van der Waals surface area contributed by atoms with Crippen molar-refractivity contribution in [1.82, 2.24) is 15.6 Å². The molecular formula is C16H29IN4OS. The number of rotatable bonds is 7. The number of halogens is 1. The van der Waals surface area contributed by atoms with Crippen LogP contribution >= 0.6 is 24.0 Å². The highest BCUT2D eigenvalue weighted by Gasteiger charge is 2.18. The van der Waals surface area contributed by atoms with Crippen LogP contribution in [0.3, 0.4) is 0 Å². The lowest BCUT2D eigenvalue weighted by molar-refractivity contribution is 0.648. The van der Waals surface area contributed by atoms with Gasteiger partial charge in [-0.15, -0.1) is 24.0 Å². The Morgan fingerprint density at radius 3 is 2.61 bits per heavy atom. The van der Waals surface area contributed by atoms with Crippen molar-refractivity contribution in [1.29, 1.82) is 0 Å². The first-order chi connectivity index (χ1) is 10.4. The first-order valence-corrected chi connectivity index (χ1v) is 9.06. The van der Waals surface area contributed by atoms with Crippen LogP contribution in [0.4, 0.5) is 0 Å². The smallest absolute Gasteiger partial charge is 0.191 e. The number of pyridine rings is 1. The Morgan fingerprint density at radius 2 is 2.04 bits per heavy atom. The minimum absolute atomic E-state index is 0. The molecule has 0 radical (unpaired) electrons. The summed E-state index contributed by atoms with van der Waals surface area (Å²) < 4.78 is 11.8. The molecule has 0 aromatic carbocycles. The summed E-state index contributed by atoms with van der Waals surface area (Å²) in [6, 6.07) is 5.92. The summed E-state index contributed by atoms with van der Waals surface area (Å²) in [5.74, 6) is 1.35. The molecule has 5 nitrogen and oxygen atoms in total. The maximum absolute atomic E-state index is 12.0. The van der Waals surface area contributed by atoms with E-state index in [2.05, 4.69) is 20.6 Å². The van der Waals surface area contributed by atoms with Gasteiger partial charge in [0.2, 0.25) is 0 Å². The average molecular weight is 452 g/mol. The summed E-state index contributed by atoms with van der Waals surface area (Å²) in [5.41, 5.74) is 1.06. The molecule has 7 heteroatoms. The molecule has 0 bridgehead atoms. The van der Waals surface area contributed by atoms with Gasteiger partial charge in [-0.2, -0.15) is 0 Å². The molecule has 1 aromatic heterocycles. The molecule has 0 aliphatic heterocycles. The highest BCUT2D eigenvalue weighted by Crippen LogP contribution is 2.10. The Kier molecular flexibility index (Phi) is 11.4. The molecule has 1 atom stereocenters. The lowest BCUT2D eigenvalue weighted by Gasteiger charge is -2.17. The lowest BCUT2D eigenvalue weighted by Crippen LogP contribution is -2.38. The van der Waals surface area contributed by atoms with Gasteiger partial charge in [-0.1, -0.05) is 6.07 Å². The van der Waals surface area contributed by atoms with Crippen molar-refractivity contribution in [3.8, 4) is 0 Å². The Morgan fingerprint density at radius 1 is 1.30 bits per heavy atom. The number of aliphatic imine (C=N–C) groups is 1. The molecule has 23 heavy (non-hydrogen) atoms. The van der Waals surface area contributed by atoms with Gasteiger partial charge in [0.25, 0.3) is 0 Å². The Balaban J connectivity index is 0.00000484. The third kappa shape index (κ3) is 9.91. The SMILES string of the molecule is CCNC(=NCCS(=O)C(C)(C)C)NCCc1ccccn1.I. The van der Waals surface area contributed by atoms with Gasteiger partial charge in [-0.3, -0.25) is 14.2 Å². The zero-order valence-corrected chi connectivity index (χ0v) is 17.6. The van der Waals surface area contributed by atoms with E-state index in [9.17, 15) is 4.21 Å². The second-order valence-electron chi connectivity index (χ2n) is 5.92. The molecule has 0 aliphatic carbocycles. The fraction of sp³-hybridized carbons (Fsp3) is 0.625. The standard InChI is InChI=1S/C16H28N4OS.HI/c1-5-17-15(20-12-13-22(21)16(2,3)4)19-11-9-14-8-6-7-10-18-14;/h6-8,10H,5,9,11-13H2,1-4H3,(H2,17,19,20);1H. The van der Waals surface area contributed by atoms with Crippen LogP contribution in [0.25, 0.3) is 0 Å². The van der Waals surface area contributed by atoms with Crippen molar-refractivity contribution < 1.29 is 4.21 Å². The molecule has 1 unspecified atom stereocenters. The molecular weight excluding hydrogens is 423 g/mol. The molecule has 0 amide bonds. The fourth-order valence-corrected chi connectivity index (χ4v) is 2.61. The number of aromatic nitrogens is 1. The molecule has 1 heterocycles. The predicted molar refractivity (Wildman–Crippen MR) is 110 cm³/mol. The normalized spacial score (nSPS) is 13.1. The predicted octanol–water partition coefficient (Wildman–Crippen LogP) is 2.34. The number of nitrogens with one attached hydrogen (secondary N) is 2. The Hall–Kier alpha value is -0.700. The molecule has 0 saturated carbocycles. The summed E-state index contributed by atoms with van der Waals surface area (Å²) in [4.78, 5) is 8.77. The van der Waals surface area contributed by atoms with E-state index in [1.54, 1.807) is 6.20 Å². The van der Waals surface area contributed by atoms with E-state index in [-0.39, 0.29) is 28.7 Å². The summed E-state index contributed by atoms with van der Waals surface area (Å²) in [5, 5.41) is 6.48. The number of hydrogen-bond donors (Lipinski definition) is 2. The van der Waals surface area contributed by atoms with Gasteiger partial charge in [0, 0.05) is 52.7 Å². The second kappa shape index (κ2) is 11.8. The first-order valence-electron chi connectivity index (χ1n) is 7.74. The highest BCUT2D eigenvalue weighted by molar-refractivity contribution is 14.0. The summed E-state index contributed by atoms with van der Waals surface area (Å²) in [7, 11) is -0.866. The van der Waals surface area contributed by atoms with E-state index in [0.29, 0.717) is 12.3 Å². The summed E-state index contributed by atoms with van der Waals surface area (Å²) in [6.45, 7) is 10.1. The van der Waals surface area contributed by atoms with E-state index in [1.807, 2.05) is 45.9 Å². The second-order valence-corrected chi connectivity index (χ2v) is 8.24. The third-order valence-electron chi connectivity index (χ3n) is 2.97. The highest BCUT2D eigenvalue weighted by atomic mass is 127. The summed E-state index contributed by atoms with van der Waals surface area (Å²) >= 11 is 0. The molecule has 1 aromatic rings. The largest absolute Gasteiger partial charge is 0.357 e. The molecule has 0 fully saturated rings. The molecule has 0 spiro atoms. The minimum atomic E-state index is -0.866. The number of guanidine groups is 1. The quantitative estimate of drug-likeness (QED) is 0.379. The van der Waals surface area contributed by atoms with Crippen LogP contribution in [0.2, 0.25) is 0 Å². The van der Waals surface area contributed by atoms with E-state index < -0.39 is 10.8 Å². The van der Waals surface area contributed by atoms with Crippen LogP contribution in [0.1, 0.15) is 33.4 Å². The van der Waals surface area contributed by atoms with Gasteiger partial charge < -0.3 is 10.6 Å². The van der Waals surface area contributed by atoms with Gasteiger partial charge in [-0.05, 0) is 39.8 Å². The van der Waals surface area contributed by atoms with Crippen molar-refractivity contribution in [3.63, 3.8) is 0 Å². The molecule has 0 aliphatic rings. The van der Waals surface area contributed by atoms with Crippen LogP contribution in [-0.2, 0) is 17.2 Å². The van der Waals surface area contributed by atoms with Gasteiger partial charge >= 0.3 is 0 Å². The number of nitrogens with zero attached hydrogens (tertiary/aromatic N) is 2. The summed E-state index contributed by atoms with van der Waals surface area (Å²) in [6.07, 6.45) is 2.65.